The van der Waals surface area contributed by atoms with Gasteiger partial charge in [0.25, 0.3) is 0 Å². The van der Waals surface area contributed by atoms with Crippen molar-refractivity contribution in [3.8, 4) is 0 Å². The molecule has 1 atom stereocenters. The van der Waals surface area contributed by atoms with Crippen LogP contribution in [0, 0.1) is 5.92 Å². The standard InChI is InChI=1S/C15H30N2O2/c1-4-9-19-10-7-15(18)17(11-13(2)3)12-14-6-5-8-16-14/h13-14,16H,4-12H2,1-3H3. The van der Waals surface area contributed by atoms with Gasteiger partial charge in [-0.3, -0.25) is 4.79 Å². The predicted octanol–water partition coefficient (Wildman–Crippen LogP) is 2.04. The van der Waals surface area contributed by atoms with Gasteiger partial charge in [-0.2, -0.15) is 0 Å². The Bertz CT molecular complexity index is 251. The highest BCUT2D eigenvalue weighted by atomic mass is 16.5. The molecule has 0 aliphatic carbocycles. The van der Waals surface area contributed by atoms with Crippen LogP contribution in [0.1, 0.15) is 46.5 Å². The largest absolute Gasteiger partial charge is 0.381 e. The van der Waals surface area contributed by atoms with Crippen LogP contribution in [-0.2, 0) is 9.53 Å². The average molecular weight is 270 g/mol. The number of hydrogen-bond acceptors (Lipinski definition) is 3. The topological polar surface area (TPSA) is 41.6 Å². The minimum Gasteiger partial charge on any atom is -0.381 e. The fourth-order valence-corrected chi connectivity index (χ4v) is 2.46. The van der Waals surface area contributed by atoms with E-state index in [-0.39, 0.29) is 5.91 Å². The number of nitrogens with one attached hydrogen (secondary N) is 1. The van der Waals surface area contributed by atoms with Gasteiger partial charge in [0.1, 0.15) is 0 Å². The van der Waals surface area contributed by atoms with E-state index in [2.05, 4.69) is 26.1 Å². The molecule has 0 bridgehead atoms. The summed E-state index contributed by atoms with van der Waals surface area (Å²) in [5, 5.41) is 3.47. The molecule has 1 rings (SSSR count). The molecule has 0 aromatic heterocycles. The van der Waals surface area contributed by atoms with Crippen LogP contribution < -0.4 is 5.32 Å². The van der Waals surface area contributed by atoms with Crippen LogP contribution in [0.2, 0.25) is 0 Å². The van der Waals surface area contributed by atoms with Gasteiger partial charge in [0.15, 0.2) is 0 Å². The fraction of sp³-hybridized carbons (Fsp3) is 0.933. The van der Waals surface area contributed by atoms with Gasteiger partial charge >= 0.3 is 0 Å². The number of ether oxygens (including phenoxy) is 1. The minimum absolute atomic E-state index is 0.235. The second-order valence-corrected chi connectivity index (χ2v) is 5.85. The average Bonchev–Trinajstić information content (AvgIpc) is 2.86. The Labute approximate surface area is 117 Å². The van der Waals surface area contributed by atoms with E-state index in [9.17, 15) is 4.79 Å². The summed E-state index contributed by atoms with van der Waals surface area (Å²) in [6, 6.07) is 0.485. The normalized spacial score (nSPS) is 19.1. The van der Waals surface area contributed by atoms with E-state index in [0.717, 1.165) is 32.7 Å². The number of carbonyl (C=O) groups is 1. The zero-order valence-electron chi connectivity index (χ0n) is 12.8. The fourth-order valence-electron chi connectivity index (χ4n) is 2.46. The maximum atomic E-state index is 12.2. The van der Waals surface area contributed by atoms with Crippen molar-refractivity contribution in [3.63, 3.8) is 0 Å². The maximum Gasteiger partial charge on any atom is 0.224 e. The highest BCUT2D eigenvalue weighted by Gasteiger charge is 2.21. The van der Waals surface area contributed by atoms with Crippen molar-refractivity contribution in [2.75, 3.05) is 32.8 Å². The second-order valence-electron chi connectivity index (χ2n) is 5.85. The molecule has 1 unspecified atom stereocenters. The van der Waals surface area contributed by atoms with Gasteiger partial charge in [-0.1, -0.05) is 20.8 Å². The molecule has 0 spiro atoms. The molecule has 0 aromatic rings. The predicted molar refractivity (Wildman–Crippen MR) is 78.2 cm³/mol. The van der Waals surface area contributed by atoms with Gasteiger partial charge in [-0.25, -0.2) is 0 Å². The molecule has 0 radical (unpaired) electrons. The molecule has 1 aliphatic rings. The number of nitrogens with zero attached hydrogens (tertiary/aromatic N) is 1. The van der Waals surface area contributed by atoms with Crippen molar-refractivity contribution in [3.05, 3.63) is 0 Å². The summed E-state index contributed by atoms with van der Waals surface area (Å²) in [7, 11) is 0. The first-order chi connectivity index (χ1) is 9.13. The Morgan fingerprint density at radius 3 is 2.79 bits per heavy atom. The molecular formula is C15H30N2O2. The van der Waals surface area contributed by atoms with E-state index >= 15 is 0 Å². The van der Waals surface area contributed by atoms with Crippen molar-refractivity contribution in [2.24, 2.45) is 5.92 Å². The minimum atomic E-state index is 0.235. The number of carbonyl (C=O) groups excluding carboxylic acids is 1. The van der Waals surface area contributed by atoms with E-state index in [1.807, 2.05) is 4.90 Å². The molecule has 19 heavy (non-hydrogen) atoms. The van der Waals surface area contributed by atoms with Crippen LogP contribution in [-0.4, -0.2) is 49.7 Å². The summed E-state index contributed by atoms with van der Waals surface area (Å²) >= 11 is 0. The first kappa shape index (κ1) is 16.4. The molecule has 0 aromatic carbocycles. The summed E-state index contributed by atoms with van der Waals surface area (Å²) in [5.41, 5.74) is 0. The first-order valence-electron chi connectivity index (χ1n) is 7.72. The summed E-state index contributed by atoms with van der Waals surface area (Å²) in [5.74, 6) is 0.750. The summed E-state index contributed by atoms with van der Waals surface area (Å²) in [6.45, 7) is 10.5. The van der Waals surface area contributed by atoms with Crippen molar-refractivity contribution in [2.45, 2.75) is 52.5 Å². The van der Waals surface area contributed by atoms with Crippen molar-refractivity contribution in [1.82, 2.24) is 10.2 Å². The lowest BCUT2D eigenvalue weighted by atomic mass is 10.1. The maximum absolute atomic E-state index is 12.2. The number of rotatable bonds is 9. The second kappa shape index (κ2) is 9.32. The Morgan fingerprint density at radius 1 is 1.42 bits per heavy atom. The zero-order valence-corrected chi connectivity index (χ0v) is 12.8. The lowest BCUT2D eigenvalue weighted by Crippen LogP contribution is -2.43. The van der Waals surface area contributed by atoms with Crippen LogP contribution in [0.25, 0.3) is 0 Å². The molecule has 4 heteroatoms. The van der Waals surface area contributed by atoms with Crippen LogP contribution in [0.4, 0.5) is 0 Å². The summed E-state index contributed by atoms with van der Waals surface area (Å²) < 4.78 is 5.42. The quantitative estimate of drug-likeness (QED) is 0.652. The molecule has 1 saturated heterocycles. The van der Waals surface area contributed by atoms with Gasteiger partial charge in [-0.05, 0) is 31.7 Å². The Balaban J connectivity index is 2.35. The highest BCUT2D eigenvalue weighted by Crippen LogP contribution is 2.10. The van der Waals surface area contributed by atoms with Crippen molar-refractivity contribution in [1.29, 1.82) is 0 Å². The number of hydrogen-bond donors (Lipinski definition) is 1. The molecular weight excluding hydrogens is 240 g/mol. The van der Waals surface area contributed by atoms with E-state index < -0.39 is 0 Å². The molecule has 1 amide bonds. The lowest BCUT2D eigenvalue weighted by Gasteiger charge is -2.27. The van der Waals surface area contributed by atoms with Crippen LogP contribution in [0.15, 0.2) is 0 Å². The number of amides is 1. The van der Waals surface area contributed by atoms with E-state index in [1.54, 1.807) is 0 Å². The molecule has 1 aliphatic heterocycles. The SMILES string of the molecule is CCCOCCC(=O)N(CC(C)C)CC1CCCN1. The van der Waals surface area contributed by atoms with Gasteiger partial charge in [-0.15, -0.1) is 0 Å². The molecule has 112 valence electrons. The van der Waals surface area contributed by atoms with Gasteiger partial charge in [0, 0.05) is 25.7 Å². The zero-order chi connectivity index (χ0) is 14.1. The van der Waals surface area contributed by atoms with Gasteiger partial charge in [0.05, 0.1) is 13.0 Å². The highest BCUT2D eigenvalue weighted by molar-refractivity contribution is 5.76. The molecule has 1 fully saturated rings. The Morgan fingerprint density at radius 2 is 2.21 bits per heavy atom. The summed E-state index contributed by atoms with van der Waals surface area (Å²) in [4.78, 5) is 14.3. The molecule has 1 heterocycles. The van der Waals surface area contributed by atoms with Crippen LogP contribution in [0.5, 0.6) is 0 Å². The molecule has 1 N–H and O–H groups in total. The first-order valence-corrected chi connectivity index (χ1v) is 7.72. The van der Waals surface area contributed by atoms with Crippen molar-refractivity contribution < 1.29 is 9.53 Å². The third kappa shape index (κ3) is 6.92. The summed E-state index contributed by atoms with van der Waals surface area (Å²) in [6.07, 6.45) is 3.94. The van der Waals surface area contributed by atoms with Crippen LogP contribution >= 0.6 is 0 Å². The molecule has 4 nitrogen and oxygen atoms in total. The molecule has 0 saturated carbocycles. The van der Waals surface area contributed by atoms with Gasteiger partial charge < -0.3 is 15.0 Å². The van der Waals surface area contributed by atoms with Crippen molar-refractivity contribution >= 4 is 5.91 Å². The lowest BCUT2D eigenvalue weighted by molar-refractivity contribution is -0.133. The Kier molecular flexibility index (Phi) is 8.07. The monoisotopic (exact) mass is 270 g/mol. The van der Waals surface area contributed by atoms with Gasteiger partial charge in [0.2, 0.25) is 5.91 Å². The smallest absolute Gasteiger partial charge is 0.224 e. The van der Waals surface area contributed by atoms with E-state index in [1.165, 1.54) is 12.8 Å². The third-order valence-corrected chi connectivity index (χ3v) is 3.35. The van der Waals surface area contributed by atoms with Crippen LogP contribution in [0.3, 0.4) is 0 Å². The Hall–Kier alpha value is -0.610. The van der Waals surface area contributed by atoms with E-state index in [4.69, 9.17) is 4.74 Å². The van der Waals surface area contributed by atoms with E-state index in [0.29, 0.717) is 25.0 Å². The third-order valence-electron chi connectivity index (χ3n) is 3.35.